The first-order chi connectivity index (χ1) is 9.79. The molecule has 0 N–H and O–H groups in total. The lowest BCUT2D eigenvalue weighted by molar-refractivity contribution is -0.863. The monoisotopic (exact) mass is 312 g/mol. The van der Waals surface area contributed by atoms with E-state index in [-0.39, 0.29) is 0 Å². The van der Waals surface area contributed by atoms with Gasteiger partial charge in [-0.3, -0.25) is 24.0 Å². The van der Waals surface area contributed by atoms with Crippen molar-refractivity contribution in [3.05, 3.63) is 0 Å². The van der Waals surface area contributed by atoms with E-state index < -0.39 is 50.9 Å². The number of hydrogen-bond acceptors (Lipinski definition) is 6. The number of carbonyl (C=O) groups excluding carboxylic acids is 6. The number of hydrogen-bond donors (Lipinski definition) is 0. The Labute approximate surface area is 129 Å². The van der Waals surface area contributed by atoms with Crippen molar-refractivity contribution in [3.63, 3.8) is 0 Å². The summed E-state index contributed by atoms with van der Waals surface area (Å²) in [7, 11) is 1.11. The third kappa shape index (κ3) is 2.56. The number of rotatable bonds is 7. The van der Waals surface area contributed by atoms with E-state index in [0.29, 0.717) is 0 Å². The summed E-state index contributed by atoms with van der Waals surface area (Å²) in [4.78, 5) is 72.8. The summed E-state index contributed by atoms with van der Waals surface area (Å²) in [6, 6.07) is -1.60. The van der Waals surface area contributed by atoms with Crippen LogP contribution in [0.25, 0.3) is 0 Å². The van der Waals surface area contributed by atoms with Gasteiger partial charge in [-0.1, -0.05) is 0 Å². The minimum atomic E-state index is -2.41. The van der Waals surface area contributed by atoms with E-state index in [2.05, 4.69) is 0 Å². The van der Waals surface area contributed by atoms with Crippen LogP contribution < -0.4 is 0 Å². The molecular formula is C15H22NO6+. The zero-order chi connectivity index (χ0) is 18.0. The highest BCUT2D eigenvalue weighted by Gasteiger charge is 2.67. The molecule has 0 aromatic carbocycles. The van der Waals surface area contributed by atoms with Gasteiger partial charge in [-0.2, -0.15) is 0 Å². The van der Waals surface area contributed by atoms with Gasteiger partial charge < -0.3 is 0 Å². The summed E-state index contributed by atoms with van der Waals surface area (Å²) >= 11 is 0. The van der Waals surface area contributed by atoms with Crippen LogP contribution in [0.1, 0.15) is 41.5 Å². The number of quaternary nitrogens is 1. The molecule has 0 spiro atoms. The van der Waals surface area contributed by atoms with Crippen molar-refractivity contribution in [2.45, 2.75) is 53.1 Å². The summed E-state index contributed by atoms with van der Waals surface area (Å²) in [5.74, 6) is -4.82. The predicted molar refractivity (Wildman–Crippen MR) is 76.8 cm³/mol. The zero-order valence-corrected chi connectivity index (χ0v) is 14.0. The second kappa shape index (κ2) is 6.39. The van der Waals surface area contributed by atoms with Crippen molar-refractivity contribution in [3.8, 4) is 0 Å². The van der Waals surface area contributed by atoms with E-state index in [4.69, 9.17) is 0 Å². The maximum atomic E-state index is 12.3. The fraction of sp³-hybridized carbons (Fsp3) is 0.600. The molecule has 0 radical (unpaired) electrons. The molecule has 0 heterocycles. The molecule has 0 saturated carbocycles. The number of ketones is 5. The fourth-order valence-corrected chi connectivity index (χ4v) is 3.35. The average molecular weight is 312 g/mol. The maximum Gasteiger partial charge on any atom is 0.312 e. The summed E-state index contributed by atoms with van der Waals surface area (Å²) in [5.41, 5.74) is -2.41. The average Bonchev–Trinajstić information content (AvgIpc) is 2.25. The van der Waals surface area contributed by atoms with Gasteiger partial charge in [-0.15, -0.1) is 0 Å². The van der Waals surface area contributed by atoms with Crippen molar-refractivity contribution in [2.75, 3.05) is 7.05 Å². The molecule has 0 bridgehead atoms. The Bertz CT molecular complexity index is 527. The van der Waals surface area contributed by atoms with Crippen LogP contribution in [0.15, 0.2) is 0 Å². The topological polar surface area (TPSA) is 102 Å². The number of amides is 1. The molecule has 0 fully saturated rings. The van der Waals surface area contributed by atoms with E-state index in [1.807, 2.05) is 0 Å². The Hall–Kier alpha value is -2.02. The highest BCUT2D eigenvalue weighted by Crippen LogP contribution is 2.32. The summed E-state index contributed by atoms with van der Waals surface area (Å²) in [5, 5.41) is 0. The highest BCUT2D eigenvalue weighted by atomic mass is 16.2. The van der Waals surface area contributed by atoms with Crippen molar-refractivity contribution in [2.24, 2.45) is 0 Å². The predicted octanol–water partition coefficient (Wildman–Crippen LogP) is 0.0319. The second-order valence-corrected chi connectivity index (χ2v) is 5.60. The fourth-order valence-electron chi connectivity index (χ4n) is 3.35. The quantitative estimate of drug-likeness (QED) is 0.485. The normalized spacial score (nSPS) is 14.2. The Morgan fingerprint density at radius 2 is 0.955 bits per heavy atom. The number of likely N-dealkylation sites (N-methyl/N-ethyl adjacent to an activating group) is 1. The van der Waals surface area contributed by atoms with Crippen molar-refractivity contribution < 1.29 is 33.3 Å². The molecule has 0 aliphatic heterocycles. The molecule has 7 heteroatoms. The molecule has 22 heavy (non-hydrogen) atoms. The minimum absolute atomic E-state index is 0.696. The molecule has 0 aliphatic rings. The van der Waals surface area contributed by atoms with Gasteiger partial charge in [0.25, 0.3) is 5.54 Å². The van der Waals surface area contributed by atoms with Crippen LogP contribution in [0.5, 0.6) is 0 Å². The van der Waals surface area contributed by atoms with Crippen LogP contribution in [0.2, 0.25) is 0 Å². The van der Waals surface area contributed by atoms with Gasteiger partial charge >= 0.3 is 5.91 Å². The van der Waals surface area contributed by atoms with Crippen LogP contribution in [0.4, 0.5) is 0 Å². The van der Waals surface area contributed by atoms with Crippen molar-refractivity contribution in [1.82, 2.24) is 0 Å². The van der Waals surface area contributed by atoms with Gasteiger partial charge in [0, 0.05) is 34.6 Å². The molecule has 1 amide bonds. The van der Waals surface area contributed by atoms with Crippen LogP contribution in [-0.2, 0) is 28.8 Å². The first-order valence-electron chi connectivity index (χ1n) is 6.70. The number of nitrogens with zero attached hydrogens (tertiary/aromatic N) is 1. The molecule has 0 aromatic heterocycles. The molecule has 0 aliphatic carbocycles. The van der Waals surface area contributed by atoms with Crippen LogP contribution in [0.3, 0.4) is 0 Å². The van der Waals surface area contributed by atoms with Crippen molar-refractivity contribution in [1.29, 1.82) is 0 Å². The van der Waals surface area contributed by atoms with Crippen LogP contribution in [-0.4, -0.2) is 57.9 Å². The Morgan fingerprint density at radius 1 is 0.682 bits per heavy atom. The van der Waals surface area contributed by atoms with E-state index in [0.717, 1.165) is 48.6 Å². The van der Waals surface area contributed by atoms with Gasteiger partial charge in [0.2, 0.25) is 23.4 Å². The molecule has 7 nitrogen and oxygen atoms in total. The van der Waals surface area contributed by atoms with Gasteiger partial charge in [0.15, 0.2) is 11.6 Å². The SMILES string of the molecule is CC(=O)C(C(C)=O)[N+](C)(C(C)=O)C(C(C)=O)(C(C)=O)C(C)=O. The van der Waals surface area contributed by atoms with E-state index in [9.17, 15) is 28.8 Å². The smallest absolute Gasteiger partial charge is 0.293 e. The van der Waals surface area contributed by atoms with E-state index >= 15 is 0 Å². The lowest BCUT2D eigenvalue weighted by Gasteiger charge is -2.46. The standard InChI is InChI=1S/C15H22NO6/c1-8(17)14(9(2)18)16(7,13(6)22)15(10(3)19,11(4)20)12(5)21/h14H,1-7H3/q+1. The van der Waals surface area contributed by atoms with Crippen LogP contribution >= 0.6 is 0 Å². The second-order valence-electron chi connectivity index (χ2n) is 5.60. The van der Waals surface area contributed by atoms with E-state index in [1.165, 1.54) is 0 Å². The molecular weight excluding hydrogens is 290 g/mol. The number of carbonyl (C=O) groups is 6. The third-order valence-electron chi connectivity index (χ3n) is 4.17. The summed E-state index contributed by atoms with van der Waals surface area (Å²) in [6.07, 6.45) is 0. The molecule has 0 saturated heterocycles. The molecule has 0 aromatic rings. The number of Topliss-reactive ketones (excluding diaryl/α,β-unsaturated/α-hetero) is 5. The molecule has 1 unspecified atom stereocenters. The third-order valence-corrected chi connectivity index (χ3v) is 4.17. The lowest BCUT2D eigenvalue weighted by Crippen LogP contribution is -2.79. The first-order valence-corrected chi connectivity index (χ1v) is 6.70. The molecule has 1 atom stereocenters. The van der Waals surface area contributed by atoms with E-state index in [1.54, 1.807) is 0 Å². The Morgan fingerprint density at radius 3 is 1.09 bits per heavy atom. The highest BCUT2D eigenvalue weighted by molar-refractivity contribution is 6.27. The zero-order valence-electron chi connectivity index (χ0n) is 14.0. The van der Waals surface area contributed by atoms with Gasteiger partial charge in [-0.05, 0) is 0 Å². The molecule has 0 rings (SSSR count). The first kappa shape index (κ1) is 20.0. The maximum absolute atomic E-state index is 12.3. The van der Waals surface area contributed by atoms with Gasteiger partial charge in [0.1, 0.15) is 0 Å². The van der Waals surface area contributed by atoms with Gasteiger partial charge in [-0.25, -0.2) is 9.28 Å². The Balaban J connectivity index is 7.05. The summed E-state index contributed by atoms with van der Waals surface area (Å²) in [6.45, 7) is 6.20. The lowest BCUT2D eigenvalue weighted by atomic mass is 9.79. The largest absolute Gasteiger partial charge is 0.312 e. The van der Waals surface area contributed by atoms with Crippen LogP contribution in [0, 0.1) is 0 Å². The van der Waals surface area contributed by atoms with Crippen molar-refractivity contribution >= 4 is 34.8 Å². The van der Waals surface area contributed by atoms with Gasteiger partial charge in [0.05, 0.1) is 14.0 Å². The Kier molecular flexibility index (Phi) is 5.81. The molecule has 122 valence electrons. The minimum Gasteiger partial charge on any atom is -0.293 e. The summed E-state index contributed by atoms with van der Waals surface area (Å²) < 4.78 is -1.20.